The molecule has 4 saturated carbocycles. The van der Waals surface area contributed by atoms with Crippen LogP contribution in [0.4, 0.5) is 5.69 Å². The number of allylic oxidation sites excluding steroid dienone is 2. The van der Waals surface area contributed by atoms with Crippen molar-refractivity contribution in [3.8, 4) is 0 Å². The number of esters is 1. The van der Waals surface area contributed by atoms with Crippen molar-refractivity contribution >= 4 is 77.1 Å². The number of benzene rings is 1. The van der Waals surface area contributed by atoms with Gasteiger partial charge >= 0.3 is 29.8 Å². The number of carbonyl (C=O) groups excluding carboxylic acids is 7. The third-order valence-corrected chi connectivity index (χ3v) is 15.4. The van der Waals surface area contributed by atoms with E-state index in [1.165, 1.54) is 78.1 Å². The van der Waals surface area contributed by atoms with Crippen LogP contribution in [0.1, 0.15) is 156 Å². The van der Waals surface area contributed by atoms with Crippen LogP contribution < -0.4 is 4.90 Å². The normalized spacial score (nSPS) is 19.3. The maximum Gasteiger partial charge on any atom is 0.341 e. The quantitative estimate of drug-likeness (QED) is 0.0300. The zero-order valence-electron chi connectivity index (χ0n) is 49.6. The molecule has 6 amide bonds. The summed E-state index contributed by atoms with van der Waals surface area (Å²) in [6.45, 7) is 18.5. The van der Waals surface area contributed by atoms with Crippen LogP contribution in [-0.2, 0) is 94.0 Å². The molecule has 0 aromatic heterocycles. The zero-order valence-corrected chi connectivity index (χ0v) is 52.4. The molecule has 0 spiro atoms. The molecule has 3 heterocycles. The number of imide groups is 3. The Kier molecular flexibility index (Phi) is 32.3. The maximum atomic E-state index is 13.0. The molecule has 7 aliphatic rings. The van der Waals surface area contributed by atoms with Crippen LogP contribution in [0.2, 0.25) is 0 Å². The van der Waals surface area contributed by atoms with Crippen molar-refractivity contribution in [1.29, 1.82) is 0 Å². The number of carbonyl (C=O) groups is 11. The molecule has 4 aliphatic carbocycles. The minimum Gasteiger partial charge on any atom is -0.480 e. The van der Waals surface area contributed by atoms with Crippen molar-refractivity contribution in [1.82, 2.24) is 14.7 Å². The van der Waals surface area contributed by atoms with Gasteiger partial charge in [-0.2, -0.15) is 0 Å². The van der Waals surface area contributed by atoms with E-state index in [9.17, 15) is 63.0 Å². The molecule has 1 aromatic rings. The van der Waals surface area contributed by atoms with E-state index in [0.29, 0.717) is 26.5 Å². The summed E-state index contributed by atoms with van der Waals surface area (Å²) in [6, 6.07) is 7.49. The van der Waals surface area contributed by atoms with E-state index in [4.69, 9.17) is 21.5 Å². The number of carboxylic acids is 4. The smallest absolute Gasteiger partial charge is 0.341 e. The van der Waals surface area contributed by atoms with E-state index in [0.717, 1.165) is 81.1 Å². The van der Waals surface area contributed by atoms with Gasteiger partial charge in [0.1, 0.15) is 30.8 Å². The number of carboxylic acid groups (broad SMARTS) is 4. The molecule has 0 saturated heterocycles. The largest absolute Gasteiger partial charge is 0.480 e. The van der Waals surface area contributed by atoms with Gasteiger partial charge in [-0.1, -0.05) is 121 Å². The summed E-state index contributed by atoms with van der Waals surface area (Å²) in [5, 5.41) is 36.4. The molecule has 0 unspecified atom stereocenters. The number of hydrogen-bond acceptors (Lipinski definition) is 13. The van der Waals surface area contributed by atoms with Crippen LogP contribution in [0.15, 0.2) is 99.4 Å². The third kappa shape index (κ3) is 20.9. The molecule has 0 bridgehead atoms. The second kappa shape index (κ2) is 37.2. The number of nitrogens with zero attached hydrogens (tertiary/aromatic N) is 5. The predicted octanol–water partition coefficient (Wildman–Crippen LogP) is 9.02. The van der Waals surface area contributed by atoms with Gasteiger partial charge in [0.05, 0.1) is 13.1 Å². The van der Waals surface area contributed by atoms with Crippen molar-refractivity contribution < 1.29 is 114 Å². The Morgan fingerprint density at radius 2 is 0.953 bits per heavy atom. The molecule has 1 aromatic carbocycles. The minimum absolute atomic E-state index is 0. The van der Waals surface area contributed by atoms with Crippen LogP contribution in [0.25, 0.3) is 10.9 Å². The van der Waals surface area contributed by atoms with Gasteiger partial charge in [0.15, 0.2) is 0 Å². The average molecular weight is 1320 g/mol. The van der Waals surface area contributed by atoms with Gasteiger partial charge in [-0.3, -0.25) is 53.1 Å². The van der Waals surface area contributed by atoms with Gasteiger partial charge in [-0.15, -0.1) is 0 Å². The Labute approximate surface area is 526 Å². The first-order chi connectivity index (χ1) is 40.0. The fourth-order valence-corrected chi connectivity index (χ4v) is 10.7. The van der Waals surface area contributed by atoms with Crippen molar-refractivity contribution in [2.75, 3.05) is 44.2 Å². The van der Waals surface area contributed by atoms with Gasteiger partial charge in [-0.25, -0.2) is 19.2 Å². The number of hydrogen-bond donors (Lipinski definition) is 4. The molecule has 4 fully saturated rings. The predicted molar refractivity (Wildman–Crippen MR) is 311 cm³/mol. The van der Waals surface area contributed by atoms with E-state index in [1.807, 2.05) is 24.3 Å². The summed E-state index contributed by atoms with van der Waals surface area (Å²) in [6.07, 6.45) is 29.0. The fourth-order valence-electron chi connectivity index (χ4n) is 10.7. The summed E-state index contributed by atoms with van der Waals surface area (Å²) in [5.74, 6) is -10.6. The SMILES string of the molecule is C1CCCC1.C1CCCC1.C=CC(=O)OCCN1C(=O)C(C(=O)O)=C(C)/C(=C/c2ccc(N(CC)CC)cc2)C1=O.CC1=C(C(=O)O)C(=O)N(CC(=O)O)C(=O)/C1=C\C1CCCC1.[C-]#[N+]C1=C(C)/C(=C/C2CCCC2)C(=O)N(CC(=O)O)C1=O.[Fe].[Ru]. The number of anilines is 1. The summed E-state index contributed by atoms with van der Waals surface area (Å²) >= 11 is 0. The Hall–Kier alpha value is -7.40. The van der Waals surface area contributed by atoms with E-state index in [1.54, 1.807) is 25.2 Å². The van der Waals surface area contributed by atoms with E-state index in [-0.39, 0.29) is 89.5 Å². The van der Waals surface area contributed by atoms with Gasteiger partial charge in [0.2, 0.25) is 0 Å². The van der Waals surface area contributed by atoms with Crippen molar-refractivity contribution in [3.63, 3.8) is 0 Å². The van der Waals surface area contributed by atoms with E-state index < -0.39 is 89.5 Å². The monoisotopic (exact) mass is 1320 g/mol. The topological polar surface area (TPSA) is 295 Å². The Bertz CT molecular complexity index is 2920. The van der Waals surface area contributed by atoms with Gasteiger partial charge in [0.25, 0.3) is 41.1 Å². The summed E-state index contributed by atoms with van der Waals surface area (Å²) in [5.41, 5.74) is 1.61. The molecule has 3 aliphatic heterocycles. The Morgan fingerprint density at radius 1 is 0.581 bits per heavy atom. The van der Waals surface area contributed by atoms with Gasteiger partial charge < -0.3 is 30.1 Å². The third-order valence-electron chi connectivity index (χ3n) is 15.4. The molecular weight excluding hydrogens is 1240 g/mol. The van der Waals surface area contributed by atoms with Gasteiger partial charge in [0, 0.05) is 78.1 Å². The van der Waals surface area contributed by atoms with E-state index in [2.05, 4.69) is 30.2 Å². The number of amides is 6. The Morgan fingerprint density at radius 3 is 1.33 bits per heavy atom. The second-order valence-electron chi connectivity index (χ2n) is 21.1. The summed E-state index contributed by atoms with van der Waals surface area (Å²) in [4.78, 5) is 138. The summed E-state index contributed by atoms with van der Waals surface area (Å²) in [7, 11) is 0. The average Bonchev–Trinajstić information content (AvgIpc) is 2.04. The molecule has 21 nitrogen and oxygen atoms in total. The first-order valence-corrected chi connectivity index (χ1v) is 28.8. The minimum atomic E-state index is -1.46. The van der Waals surface area contributed by atoms with Crippen LogP contribution in [0.3, 0.4) is 0 Å². The fraction of sp³-hybridized carbons (Fsp3) is 0.492. The van der Waals surface area contributed by atoms with Crippen molar-refractivity contribution in [2.45, 2.75) is 150 Å². The van der Waals surface area contributed by atoms with Crippen LogP contribution >= 0.6 is 0 Å². The van der Waals surface area contributed by atoms with E-state index >= 15 is 0 Å². The molecule has 0 radical (unpaired) electrons. The van der Waals surface area contributed by atoms with Crippen LogP contribution in [0, 0.1) is 18.4 Å². The molecule has 23 heteroatoms. The van der Waals surface area contributed by atoms with Crippen molar-refractivity contribution in [2.24, 2.45) is 11.8 Å². The first-order valence-electron chi connectivity index (χ1n) is 28.8. The molecule has 8 rings (SSSR count). The Balaban J connectivity index is 0.000000407. The standard InChI is InChI=1S/C23H26N2O6.C15H16N2O4.C15H17NO6.2C5H10.Fe.Ru/c1-5-19(26)31-13-12-25-21(27)18(15(4)20(22(25)28)23(29)30)14-16-8-10-17(11-9-16)24(6-2)7-3;1-9-11(7-10-5-3-4-6-10)14(20)17(8-12(18)19)15(21)13(9)16-2;1-8-10(6-9-4-2-3-5-9)13(19)16(7-11(17)18)14(20)12(8)15(21)22;2*1-2-4-5-3-1;;/h5,8-11,14H,1,6-7,12-13H2,2-4H3,(H,29,30);7,10H,3-6,8H2,1H3,(H,18,19);6,9H,2-5,7H2,1H3,(H,17,18)(H,21,22);2*1-5H2;;/b18-14-;11-7-;10-6-;;;;. The van der Waals surface area contributed by atoms with Crippen LogP contribution in [-0.4, -0.2) is 140 Å². The number of aliphatic carboxylic acids is 4. The summed E-state index contributed by atoms with van der Waals surface area (Å²) < 4.78 is 4.83. The molecule has 468 valence electrons. The van der Waals surface area contributed by atoms with Crippen LogP contribution in [0.5, 0.6) is 0 Å². The molecular formula is C63H79FeN5O16Ru. The van der Waals surface area contributed by atoms with Gasteiger partial charge in [-0.05, 0) is 113 Å². The zero-order chi connectivity index (χ0) is 62.2. The maximum absolute atomic E-state index is 13.0. The number of ether oxygens (including phenoxy) is 1. The molecule has 0 atom stereocenters. The number of rotatable bonds is 16. The molecule has 86 heavy (non-hydrogen) atoms. The first kappa shape index (κ1) is 74.7. The molecule has 4 N–H and O–H groups in total. The van der Waals surface area contributed by atoms with Crippen molar-refractivity contribution in [3.05, 3.63) is 116 Å². The second-order valence-corrected chi connectivity index (χ2v) is 21.1.